The number of anilines is 2. The van der Waals surface area contributed by atoms with Crippen LogP contribution >= 0.6 is 23.1 Å². The first-order valence-electron chi connectivity index (χ1n) is 12.3. The molecule has 1 atom stereocenters. The summed E-state index contributed by atoms with van der Waals surface area (Å²) < 4.78 is 0. The van der Waals surface area contributed by atoms with Gasteiger partial charge in [0.2, 0.25) is 17.8 Å². The summed E-state index contributed by atoms with van der Waals surface area (Å²) >= 11 is 3.32. The number of rotatable bonds is 6. The van der Waals surface area contributed by atoms with Crippen LogP contribution in [0.1, 0.15) is 30.9 Å². The molecule has 5 rings (SSSR count). The third-order valence-corrected chi connectivity index (χ3v) is 8.53. The van der Waals surface area contributed by atoms with Gasteiger partial charge in [-0.3, -0.25) is 10.1 Å². The molecule has 3 heterocycles. The molecule has 1 amide bonds. The molecule has 1 aromatic heterocycles. The van der Waals surface area contributed by atoms with Crippen molar-refractivity contribution in [2.45, 2.75) is 43.5 Å². The van der Waals surface area contributed by atoms with Gasteiger partial charge >= 0.3 is 0 Å². The number of carbonyl (C=O) groups excluding carboxylic acids is 1. The van der Waals surface area contributed by atoms with Crippen molar-refractivity contribution in [3.63, 3.8) is 0 Å². The van der Waals surface area contributed by atoms with Gasteiger partial charge in [0.1, 0.15) is 0 Å². The molecule has 35 heavy (non-hydrogen) atoms. The number of thioether (sulfide) groups is 1. The lowest BCUT2D eigenvalue weighted by molar-refractivity contribution is -0.117. The number of nitrogens with one attached hydrogen (secondary N) is 3. The second-order valence-electron chi connectivity index (χ2n) is 9.28. The first kappa shape index (κ1) is 24.1. The Hall–Kier alpha value is -2.56. The molecule has 0 bridgehead atoms. The summed E-state index contributed by atoms with van der Waals surface area (Å²) in [5, 5.41) is 13.3. The smallest absolute Gasteiger partial charge is 0.227 e. The van der Waals surface area contributed by atoms with Gasteiger partial charge in [-0.05, 0) is 74.0 Å². The van der Waals surface area contributed by atoms with Crippen molar-refractivity contribution in [1.82, 2.24) is 15.1 Å². The van der Waals surface area contributed by atoms with Crippen LogP contribution < -0.4 is 16.0 Å². The van der Waals surface area contributed by atoms with Crippen LogP contribution in [0.4, 0.5) is 10.7 Å². The molecular formula is C25H33N7OS2. The van der Waals surface area contributed by atoms with Gasteiger partial charge in [-0.15, -0.1) is 11.3 Å². The van der Waals surface area contributed by atoms with Crippen LogP contribution in [0.2, 0.25) is 0 Å². The Morgan fingerprint density at radius 3 is 2.60 bits per heavy atom. The van der Waals surface area contributed by atoms with Crippen LogP contribution in [-0.4, -0.2) is 66.4 Å². The third kappa shape index (κ3) is 5.99. The van der Waals surface area contributed by atoms with Crippen LogP contribution in [0.5, 0.6) is 0 Å². The molecule has 2 aliphatic heterocycles. The number of carbonyl (C=O) groups is 1. The van der Waals surface area contributed by atoms with Crippen molar-refractivity contribution in [3.8, 4) is 0 Å². The third-order valence-electron chi connectivity index (χ3n) is 6.51. The van der Waals surface area contributed by atoms with Crippen LogP contribution in [0.15, 0.2) is 44.5 Å². The number of thiophene rings is 1. The van der Waals surface area contributed by atoms with E-state index in [-0.39, 0.29) is 17.3 Å². The Morgan fingerprint density at radius 1 is 1.17 bits per heavy atom. The van der Waals surface area contributed by atoms with E-state index in [0.29, 0.717) is 0 Å². The predicted octanol–water partition coefficient (Wildman–Crippen LogP) is 4.02. The minimum absolute atomic E-state index is 0.126. The fourth-order valence-corrected chi connectivity index (χ4v) is 6.05. The van der Waals surface area contributed by atoms with Crippen molar-refractivity contribution in [1.29, 1.82) is 0 Å². The van der Waals surface area contributed by atoms with E-state index in [4.69, 9.17) is 9.98 Å². The maximum absolute atomic E-state index is 12.0. The molecule has 0 radical (unpaired) electrons. The van der Waals surface area contributed by atoms with Gasteiger partial charge in [0.25, 0.3) is 0 Å². The molecule has 1 aromatic carbocycles. The molecule has 3 N–H and O–H groups in total. The number of guanidine groups is 2. The van der Waals surface area contributed by atoms with Crippen molar-refractivity contribution in [2.24, 2.45) is 15.9 Å². The lowest BCUT2D eigenvalue weighted by Gasteiger charge is -2.36. The minimum atomic E-state index is -0.300. The summed E-state index contributed by atoms with van der Waals surface area (Å²) in [6, 6.07) is 7.97. The van der Waals surface area contributed by atoms with Crippen molar-refractivity contribution >= 4 is 51.6 Å². The summed E-state index contributed by atoms with van der Waals surface area (Å²) in [6.45, 7) is 8.22. The van der Waals surface area contributed by atoms with Crippen LogP contribution in [0.25, 0.3) is 0 Å². The van der Waals surface area contributed by atoms with E-state index < -0.39 is 0 Å². The fourth-order valence-electron chi connectivity index (χ4n) is 4.16. The normalized spacial score (nSPS) is 20.7. The molecular weight excluding hydrogens is 478 g/mol. The number of aliphatic imine (C=N–C) groups is 2. The molecule has 1 saturated carbocycles. The van der Waals surface area contributed by atoms with E-state index in [1.54, 1.807) is 23.1 Å². The summed E-state index contributed by atoms with van der Waals surface area (Å²) in [5.41, 5.74) is 3.18. The number of hydrogen-bond acceptors (Lipinski definition) is 9. The zero-order valence-electron chi connectivity index (χ0n) is 20.5. The lowest BCUT2D eigenvalue weighted by Crippen LogP contribution is -2.55. The number of piperazine rings is 1. The van der Waals surface area contributed by atoms with Crippen LogP contribution in [0.3, 0.4) is 0 Å². The SMILES string of the molecule is CCc1c(C)csc1NC1=NC(Sc2ccc(NC(=O)C3CC3)cc2)N=C(N2CCN(C)CC2)N1. The molecule has 3 aliphatic rings. The van der Waals surface area contributed by atoms with Gasteiger partial charge < -0.3 is 20.4 Å². The molecule has 186 valence electrons. The van der Waals surface area contributed by atoms with E-state index >= 15 is 0 Å². The molecule has 2 fully saturated rings. The average Bonchev–Trinajstić information content (AvgIpc) is 3.65. The summed E-state index contributed by atoms with van der Waals surface area (Å²) in [6.07, 6.45) is 2.98. The van der Waals surface area contributed by atoms with Gasteiger partial charge in [0.15, 0.2) is 5.50 Å². The summed E-state index contributed by atoms with van der Waals surface area (Å²) in [4.78, 5) is 27.6. The monoisotopic (exact) mass is 511 g/mol. The predicted molar refractivity (Wildman–Crippen MR) is 147 cm³/mol. The standard InChI is InChI=1S/C25H33N7OS2/c1-4-20-16(2)15-34-22(20)27-23-28-24(32-13-11-31(3)12-14-32)30-25(29-23)35-19-9-7-18(8-10-19)26-21(33)17-5-6-17/h7-10,15,17,25H,4-6,11-14H2,1-3H3,(H,26,33)(H2,27,28,29,30). The quantitative estimate of drug-likeness (QED) is 0.543. The fraction of sp³-hybridized carbons (Fsp3) is 0.480. The Labute approximate surface area is 215 Å². The summed E-state index contributed by atoms with van der Waals surface area (Å²) in [5.74, 6) is 1.92. The Bertz CT molecular complexity index is 1120. The van der Waals surface area contributed by atoms with Crippen LogP contribution in [0, 0.1) is 12.8 Å². The number of nitrogens with zero attached hydrogens (tertiary/aromatic N) is 4. The van der Waals surface area contributed by atoms with Crippen molar-refractivity contribution in [3.05, 3.63) is 40.8 Å². The van der Waals surface area contributed by atoms with Gasteiger partial charge in [-0.1, -0.05) is 18.7 Å². The molecule has 1 saturated heterocycles. The highest BCUT2D eigenvalue weighted by atomic mass is 32.2. The number of benzene rings is 1. The largest absolute Gasteiger partial charge is 0.340 e. The second kappa shape index (κ2) is 10.6. The van der Waals surface area contributed by atoms with E-state index in [9.17, 15) is 4.79 Å². The lowest BCUT2D eigenvalue weighted by atomic mass is 10.1. The number of amides is 1. The molecule has 8 nitrogen and oxygen atoms in total. The van der Waals surface area contributed by atoms with Crippen molar-refractivity contribution in [2.75, 3.05) is 43.9 Å². The van der Waals surface area contributed by atoms with Gasteiger partial charge in [0, 0.05) is 42.7 Å². The van der Waals surface area contributed by atoms with E-state index in [1.165, 1.54) is 11.1 Å². The highest BCUT2D eigenvalue weighted by molar-refractivity contribution is 8.00. The van der Waals surface area contributed by atoms with E-state index in [2.05, 4.69) is 52.0 Å². The maximum atomic E-state index is 12.0. The molecule has 1 aliphatic carbocycles. The first-order valence-corrected chi connectivity index (χ1v) is 14.0. The van der Waals surface area contributed by atoms with Gasteiger partial charge in [0.05, 0.1) is 5.00 Å². The minimum Gasteiger partial charge on any atom is -0.340 e. The van der Waals surface area contributed by atoms with Gasteiger partial charge in [-0.2, -0.15) is 0 Å². The highest BCUT2D eigenvalue weighted by Crippen LogP contribution is 2.32. The topological polar surface area (TPSA) is 84.4 Å². The zero-order valence-corrected chi connectivity index (χ0v) is 22.1. The van der Waals surface area contributed by atoms with E-state index in [0.717, 1.165) is 72.9 Å². The second-order valence-corrected chi connectivity index (χ2v) is 11.3. The van der Waals surface area contributed by atoms with Gasteiger partial charge in [-0.25, -0.2) is 9.98 Å². The number of hydrogen-bond donors (Lipinski definition) is 3. The zero-order chi connectivity index (χ0) is 24.4. The van der Waals surface area contributed by atoms with E-state index in [1.807, 2.05) is 24.3 Å². The average molecular weight is 512 g/mol. The molecule has 2 aromatic rings. The first-order chi connectivity index (χ1) is 17.0. The van der Waals surface area contributed by atoms with Crippen molar-refractivity contribution < 1.29 is 4.79 Å². The Balaban J connectivity index is 1.32. The molecule has 10 heteroatoms. The van der Waals surface area contributed by atoms with Crippen LogP contribution in [-0.2, 0) is 11.2 Å². The highest BCUT2D eigenvalue weighted by Gasteiger charge is 2.29. The molecule has 0 spiro atoms. The maximum Gasteiger partial charge on any atom is 0.227 e. The molecule has 1 unspecified atom stereocenters. The number of aryl methyl sites for hydroxylation is 1. The Kier molecular flexibility index (Phi) is 7.31. The number of likely N-dealkylation sites (N-methyl/N-ethyl adjacent to an activating group) is 1. The Morgan fingerprint density at radius 2 is 1.91 bits per heavy atom. The summed E-state index contributed by atoms with van der Waals surface area (Å²) in [7, 11) is 2.16.